The molecule has 0 fully saturated rings. The van der Waals surface area contributed by atoms with E-state index in [0.29, 0.717) is 24.1 Å². The summed E-state index contributed by atoms with van der Waals surface area (Å²) in [7, 11) is 3.76. The zero-order valence-electron chi connectivity index (χ0n) is 22.9. The first-order valence-electron chi connectivity index (χ1n) is 12.7. The van der Waals surface area contributed by atoms with Crippen molar-refractivity contribution in [1.82, 2.24) is 24.8 Å². The average molecular weight is 520 g/mol. The van der Waals surface area contributed by atoms with E-state index >= 15 is 0 Å². The summed E-state index contributed by atoms with van der Waals surface area (Å²) in [5, 5.41) is 12.6. The average Bonchev–Trinajstić information content (AvgIpc) is 2.83. The zero-order valence-corrected chi connectivity index (χ0v) is 22.9. The summed E-state index contributed by atoms with van der Waals surface area (Å²) < 4.78 is 1.46. The van der Waals surface area contributed by atoms with Crippen LogP contribution in [0.4, 0.5) is 0 Å². The van der Waals surface area contributed by atoms with Crippen LogP contribution < -0.4 is 10.9 Å². The third kappa shape index (κ3) is 7.13. The number of pyridine rings is 3. The maximum Gasteiger partial charge on any atom is 0.305 e. The Hall–Kier alpha value is -3.85. The highest BCUT2D eigenvalue weighted by atomic mass is 16.4. The molecule has 202 valence electrons. The highest BCUT2D eigenvalue weighted by Crippen LogP contribution is 2.29. The van der Waals surface area contributed by atoms with Gasteiger partial charge in [-0.15, -0.1) is 0 Å². The molecule has 38 heavy (non-hydrogen) atoms. The Labute approximate surface area is 223 Å². The van der Waals surface area contributed by atoms with E-state index in [1.54, 1.807) is 43.1 Å². The second-order valence-corrected chi connectivity index (χ2v) is 10.4. The number of amides is 1. The maximum absolute atomic E-state index is 13.7. The van der Waals surface area contributed by atoms with Gasteiger partial charge < -0.3 is 19.9 Å². The van der Waals surface area contributed by atoms with E-state index < -0.39 is 24.0 Å². The normalized spacial score (nSPS) is 12.9. The Morgan fingerprint density at radius 2 is 1.74 bits per heavy atom. The fourth-order valence-electron chi connectivity index (χ4n) is 4.69. The van der Waals surface area contributed by atoms with Crippen LogP contribution in [0.3, 0.4) is 0 Å². The van der Waals surface area contributed by atoms with E-state index in [1.807, 2.05) is 52.8 Å². The molecular formula is C29H37N5O4. The minimum absolute atomic E-state index is 0.121. The van der Waals surface area contributed by atoms with E-state index in [0.717, 1.165) is 22.3 Å². The van der Waals surface area contributed by atoms with Gasteiger partial charge in [-0.3, -0.25) is 24.4 Å². The van der Waals surface area contributed by atoms with Gasteiger partial charge in [-0.05, 0) is 74.7 Å². The summed E-state index contributed by atoms with van der Waals surface area (Å²) >= 11 is 0. The van der Waals surface area contributed by atoms with Crippen molar-refractivity contribution in [1.29, 1.82) is 0 Å². The molecule has 9 heteroatoms. The van der Waals surface area contributed by atoms with Gasteiger partial charge in [0.15, 0.2) is 0 Å². The number of carboxylic acids is 1. The standard InChI is InChI=1S/C29H37N5O4/c1-18(2)10-25(34-9-7-8-21(29(34)38)17-33(5)6)28(37)32-24(12-26(35)36)22-11-23(16-31-15-22)27-19(3)13-30-14-20(27)4/h7-9,11,13-16,18,24-25H,10,12,17H2,1-6H3,(H,32,37)(H,35,36)/t24-,25-/m0/s1. The van der Waals surface area contributed by atoms with Crippen molar-refractivity contribution in [2.45, 2.75) is 59.2 Å². The van der Waals surface area contributed by atoms with Crippen LogP contribution in [-0.2, 0) is 16.1 Å². The molecule has 0 saturated carbocycles. The molecule has 3 heterocycles. The van der Waals surface area contributed by atoms with Crippen molar-refractivity contribution in [2.75, 3.05) is 14.1 Å². The summed E-state index contributed by atoms with van der Waals surface area (Å²) in [6.07, 6.45) is 8.55. The lowest BCUT2D eigenvalue weighted by Gasteiger charge is -2.25. The van der Waals surface area contributed by atoms with Crippen molar-refractivity contribution in [2.24, 2.45) is 5.92 Å². The molecule has 0 bridgehead atoms. The van der Waals surface area contributed by atoms with Crippen LogP contribution in [0, 0.1) is 19.8 Å². The molecular weight excluding hydrogens is 482 g/mol. The third-order valence-electron chi connectivity index (χ3n) is 6.34. The summed E-state index contributed by atoms with van der Waals surface area (Å²) in [6, 6.07) is 3.77. The van der Waals surface area contributed by atoms with Gasteiger partial charge in [0.1, 0.15) is 6.04 Å². The fraction of sp³-hybridized carbons (Fsp3) is 0.414. The number of carbonyl (C=O) groups is 2. The first kappa shape index (κ1) is 28.7. The number of aromatic nitrogens is 3. The smallest absolute Gasteiger partial charge is 0.305 e. The quantitative estimate of drug-likeness (QED) is 0.394. The largest absolute Gasteiger partial charge is 0.481 e. The minimum atomic E-state index is -1.05. The van der Waals surface area contributed by atoms with Crippen LogP contribution in [-0.4, -0.2) is 50.5 Å². The monoisotopic (exact) mass is 519 g/mol. The second kappa shape index (κ2) is 12.6. The number of aliphatic carboxylic acids is 1. The van der Waals surface area contributed by atoms with E-state index in [2.05, 4.69) is 15.3 Å². The molecule has 0 aromatic carbocycles. The van der Waals surface area contributed by atoms with Gasteiger partial charge in [0.2, 0.25) is 5.91 Å². The molecule has 0 aliphatic heterocycles. The Bertz CT molecular complexity index is 1330. The predicted octanol–water partition coefficient (Wildman–Crippen LogP) is 3.90. The molecule has 9 nitrogen and oxygen atoms in total. The molecule has 1 amide bonds. The number of aryl methyl sites for hydroxylation is 2. The van der Waals surface area contributed by atoms with Gasteiger partial charge in [-0.2, -0.15) is 0 Å². The van der Waals surface area contributed by atoms with Crippen LogP contribution >= 0.6 is 0 Å². The first-order valence-corrected chi connectivity index (χ1v) is 12.7. The number of carboxylic acid groups (broad SMARTS) is 1. The van der Waals surface area contributed by atoms with Crippen LogP contribution in [0.25, 0.3) is 11.1 Å². The third-order valence-corrected chi connectivity index (χ3v) is 6.34. The molecule has 0 radical (unpaired) electrons. The van der Waals surface area contributed by atoms with Crippen LogP contribution in [0.2, 0.25) is 0 Å². The molecule has 0 spiro atoms. The lowest BCUT2D eigenvalue weighted by Crippen LogP contribution is -2.41. The van der Waals surface area contributed by atoms with Gasteiger partial charge >= 0.3 is 5.97 Å². The Balaban J connectivity index is 2.00. The molecule has 0 saturated heterocycles. The van der Waals surface area contributed by atoms with Crippen molar-refractivity contribution in [3.05, 3.63) is 81.8 Å². The van der Waals surface area contributed by atoms with E-state index in [9.17, 15) is 19.5 Å². The molecule has 3 aromatic heterocycles. The highest BCUT2D eigenvalue weighted by molar-refractivity contribution is 5.82. The van der Waals surface area contributed by atoms with Crippen LogP contribution in [0.5, 0.6) is 0 Å². The summed E-state index contributed by atoms with van der Waals surface area (Å²) in [5.74, 6) is -1.34. The summed E-state index contributed by atoms with van der Waals surface area (Å²) in [5.41, 5.74) is 4.65. The van der Waals surface area contributed by atoms with E-state index in [4.69, 9.17) is 0 Å². The number of carbonyl (C=O) groups excluding carboxylic acids is 1. The number of rotatable bonds is 11. The maximum atomic E-state index is 13.7. The van der Waals surface area contributed by atoms with Gasteiger partial charge in [0, 0.05) is 48.7 Å². The van der Waals surface area contributed by atoms with Gasteiger partial charge in [-0.1, -0.05) is 19.9 Å². The number of hydrogen-bond acceptors (Lipinski definition) is 6. The highest BCUT2D eigenvalue weighted by Gasteiger charge is 2.27. The van der Waals surface area contributed by atoms with Crippen LogP contribution in [0.1, 0.15) is 61.0 Å². The molecule has 2 atom stereocenters. The lowest BCUT2D eigenvalue weighted by atomic mass is 9.96. The number of nitrogens with zero attached hydrogens (tertiary/aromatic N) is 4. The molecule has 0 unspecified atom stereocenters. The van der Waals surface area contributed by atoms with Crippen molar-refractivity contribution < 1.29 is 14.7 Å². The number of hydrogen-bond donors (Lipinski definition) is 2. The van der Waals surface area contributed by atoms with Crippen molar-refractivity contribution >= 4 is 11.9 Å². The number of nitrogens with one attached hydrogen (secondary N) is 1. The van der Waals surface area contributed by atoms with Gasteiger partial charge in [0.25, 0.3) is 5.56 Å². The minimum Gasteiger partial charge on any atom is -0.481 e. The van der Waals surface area contributed by atoms with Crippen molar-refractivity contribution in [3.63, 3.8) is 0 Å². The Morgan fingerprint density at radius 1 is 1.08 bits per heavy atom. The second-order valence-electron chi connectivity index (χ2n) is 10.4. The molecule has 0 aliphatic rings. The Morgan fingerprint density at radius 3 is 2.34 bits per heavy atom. The SMILES string of the molecule is Cc1cncc(C)c1-c1cncc([C@H](CC(=O)O)NC(=O)[C@H](CC(C)C)n2cccc(CN(C)C)c2=O)c1. The van der Waals surface area contributed by atoms with Crippen LogP contribution in [0.15, 0.2) is 54.0 Å². The van der Waals surface area contributed by atoms with Crippen molar-refractivity contribution in [3.8, 4) is 11.1 Å². The molecule has 2 N–H and O–H groups in total. The first-order chi connectivity index (χ1) is 18.0. The molecule has 3 aromatic rings. The molecule has 3 rings (SSSR count). The van der Waals surface area contributed by atoms with E-state index in [-0.39, 0.29) is 17.9 Å². The fourth-order valence-corrected chi connectivity index (χ4v) is 4.69. The van der Waals surface area contributed by atoms with Gasteiger partial charge in [0.05, 0.1) is 12.5 Å². The topological polar surface area (TPSA) is 117 Å². The van der Waals surface area contributed by atoms with Gasteiger partial charge in [-0.25, -0.2) is 0 Å². The zero-order chi connectivity index (χ0) is 28.0. The lowest BCUT2D eigenvalue weighted by molar-refractivity contribution is -0.138. The molecule has 0 aliphatic carbocycles. The predicted molar refractivity (Wildman–Crippen MR) is 147 cm³/mol. The summed E-state index contributed by atoms with van der Waals surface area (Å²) in [4.78, 5) is 49.3. The Kier molecular flexibility index (Phi) is 9.52. The summed E-state index contributed by atoms with van der Waals surface area (Å²) in [6.45, 7) is 8.32. The van der Waals surface area contributed by atoms with E-state index in [1.165, 1.54) is 4.57 Å².